The molecule has 0 spiro atoms. The number of rotatable bonds is 1. The number of ether oxygens (including phenoxy) is 1. The highest BCUT2D eigenvalue weighted by Crippen LogP contribution is 2.21. The number of benzene rings is 1. The minimum atomic E-state index is 0.656. The van der Waals surface area contributed by atoms with E-state index >= 15 is 0 Å². The first kappa shape index (κ1) is 9.72. The van der Waals surface area contributed by atoms with Gasteiger partial charge in [-0.2, -0.15) is 0 Å². The van der Waals surface area contributed by atoms with Gasteiger partial charge in [-0.25, -0.2) is 0 Å². The fraction of sp³-hybridized carbons (Fsp3) is 0.538. The minimum absolute atomic E-state index is 0.656. The van der Waals surface area contributed by atoms with Gasteiger partial charge in [0.15, 0.2) is 0 Å². The molecule has 0 radical (unpaired) electrons. The molecule has 2 rings (SSSR count). The van der Waals surface area contributed by atoms with Crippen LogP contribution in [0.15, 0.2) is 18.2 Å². The van der Waals surface area contributed by atoms with Gasteiger partial charge in [0.25, 0.3) is 0 Å². The Hall–Kier alpha value is -0.820. The fourth-order valence-electron chi connectivity index (χ4n) is 2.04. The summed E-state index contributed by atoms with van der Waals surface area (Å²) in [4.78, 5) is 0. The lowest BCUT2D eigenvalue weighted by molar-refractivity contribution is 0.100. The van der Waals surface area contributed by atoms with Gasteiger partial charge in [0.2, 0.25) is 0 Å². The van der Waals surface area contributed by atoms with Crippen LogP contribution in [-0.2, 0) is 24.2 Å². The van der Waals surface area contributed by atoms with Crippen LogP contribution in [0.2, 0.25) is 0 Å². The molecule has 1 aliphatic rings. The molecule has 1 heteroatoms. The van der Waals surface area contributed by atoms with Gasteiger partial charge in [0.05, 0.1) is 6.61 Å². The van der Waals surface area contributed by atoms with E-state index in [1.54, 1.807) is 0 Å². The molecule has 1 heterocycles. The third-order valence-electron chi connectivity index (χ3n) is 2.91. The van der Waals surface area contributed by atoms with Crippen molar-refractivity contribution >= 4 is 0 Å². The largest absolute Gasteiger partial charge is 0.376 e. The second-order valence-corrected chi connectivity index (χ2v) is 4.28. The van der Waals surface area contributed by atoms with Gasteiger partial charge < -0.3 is 4.74 Å². The van der Waals surface area contributed by atoms with Crippen LogP contribution in [0, 0.1) is 5.92 Å². The summed E-state index contributed by atoms with van der Waals surface area (Å²) in [7, 11) is 0. The first-order valence-electron chi connectivity index (χ1n) is 5.48. The maximum atomic E-state index is 5.63. The van der Waals surface area contributed by atoms with Crippen molar-refractivity contribution < 1.29 is 4.74 Å². The number of hydrogen-bond donors (Lipinski definition) is 0. The lowest BCUT2D eigenvalue weighted by atomic mass is 9.96. The Morgan fingerprint density at radius 1 is 1.36 bits per heavy atom. The second kappa shape index (κ2) is 4.14. The van der Waals surface area contributed by atoms with Crippen LogP contribution in [0.3, 0.4) is 0 Å². The quantitative estimate of drug-likeness (QED) is 0.661. The van der Waals surface area contributed by atoms with Gasteiger partial charge in [0.1, 0.15) is 0 Å². The molecule has 0 aliphatic carbocycles. The Morgan fingerprint density at radius 2 is 2.21 bits per heavy atom. The zero-order valence-corrected chi connectivity index (χ0v) is 9.05. The zero-order valence-electron chi connectivity index (χ0n) is 9.05. The topological polar surface area (TPSA) is 9.23 Å². The molecule has 1 atom stereocenters. The Labute approximate surface area is 86.1 Å². The van der Waals surface area contributed by atoms with E-state index in [-0.39, 0.29) is 0 Å². The number of aryl methyl sites for hydroxylation is 1. The molecule has 0 saturated carbocycles. The van der Waals surface area contributed by atoms with Gasteiger partial charge in [-0.15, -0.1) is 0 Å². The van der Waals surface area contributed by atoms with E-state index < -0.39 is 0 Å². The van der Waals surface area contributed by atoms with Crippen LogP contribution >= 0.6 is 0 Å². The molecule has 0 saturated heterocycles. The number of hydrogen-bond acceptors (Lipinski definition) is 1. The molecule has 0 unspecified atom stereocenters. The van der Waals surface area contributed by atoms with E-state index in [1.165, 1.54) is 23.1 Å². The van der Waals surface area contributed by atoms with Crippen LogP contribution in [0.25, 0.3) is 0 Å². The van der Waals surface area contributed by atoms with Crippen molar-refractivity contribution in [1.29, 1.82) is 0 Å². The predicted molar refractivity (Wildman–Crippen MR) is 58.3 cm³/mol. The molecule has 0 amide bonds. The lowest BCUT2D eigenvalue weighted by Crippen LogP contribution is -2.03. The molecule has 1 aliphatic heterocycles. The Bertz CT molecular complexity index is 317. The van der Waals surface area contributed by atoms with Crippen LogP contribution in [0.1, 0.15) is 30.5 Å². The van der Waals surface area contributed by atoms with Gasteiger partial charge in [-0.05, 0) is 35.4 Å². The molecular weight excluding hydrogens is 172 g/mol. The highest BCUT2D eigenvalue weighted by atomic mass is 16.5. The molecule has 76 valence electrons. The summed E-state index contributed by atoms with van der Waals surface area (Å²) in [6.07, 6.45) is 2.28. The highest BCUT2D eigenvalue weighted by Gasteiger charge is 2.13. The summed E-state index contributed by atoms with van der Waals surface area (Å²) in [6, 6.07) is 6.82. The molecule has 0 aromatic heterocycles. The maximum Gasteiger partial charge on any atom is 0.0719 e. The van der Waals surface area contributed by atoms with Crippen LogP contribution in [0.5, 0.6) is 0 Å². The van der Waals surface area contributed by atoms with Crippen LogP contribution in [-0.4, -0.2) is 6.61 Å². The first-order valence-corrected chi connectivity index (χ1v) is 5.48. The minimum Gasteiger partial charge on any atom is -0.376 e. The van der Waals surface area contributed by atoms with Gasteiger partial charge in [-0.3, -0.25) is 0 Å². The molecule has 0 bridgehead atoms. The van der Waals surface area contributed by atoms with E-state index in [9.17, 15) is 0 Å². The first-order chi connectivity index (χ1) is 6.79. The molecule has 14 heavy (non-hydrogen) atoms. The molecule has 1 aromatic rings. The molecule has 1 aromatic carbocycles. The monoisotopic (exact) mass is 190 g/mol. The highest BCUT2D eigenvalue weighted by molar-refractivity contribution is 5.32. The summed E-state index contributed by atoms with van der Waals surface area (Å²) in [5.74, 6) is 0.656. The summed E-state index contributed by atoms with van der Waals surface area (Å²) in [6.45, 7) is 6.15. The summed E-state index contributed by atoms with van der Waals surface area (Å²) < 4.78 is 5.63. The van der Waals surface area contributed by atoms with Crippen LogP contribution in [0.4, 0.5) is 0 Å². The SMILES string of the molecule is CCc1ccc2c(c1)COC[C@@H](C)C2. The second-order valence-electron chi connectivity index (χ2n) is 4.28. The summed E-state index contributed by atoms with van der Waals surface area (Å²) >= 11 is 0. The third-order valence-corrected chi connectivity index (χ3v) is 2.91. The predicted octanol–water partition coefficient (Wildman–Crippen LogP) is 2.96. The molecule has 0 N–H and O–H groups in total. The Kier molecular flexibility index (Phi) is 2.87. The maximum absolute atomic E-state index is 5.63. The Balaban J connectivity index is 2.31. The molecule has 0 fully saturated rings. The smallest absolute Gasteiger partial charge is 0.0719 e. The number of fused-ring (bicyclic) bond motifs is 1. The zero-order chi connectivity index (χ0) is 9.97. The molecule has 1 nitrogen and oxygen atoms in total. The van der Waals surface area contributed by atoms with Crippen molar-refractivity contribution in [2.75, 3.05) is 6.61 Å². The normalized spacial score (nSPS) is 21.4. The average molecular weight is 190 g/mol. The van der Waals surface area contributed by atoms with Gasteiger partial charge in [-0.1, -0.05) is 32.0 Å². The lowest BCUT2D eigenvalue weighted by Gasteiger charge is -2.08. The van der Waals surface area contributed by atoms with E-state index in [4.69, 9.17) is 4.74 Å². The third kappa shape index (κ3) is 1.98. The van der Waals surface area contributed by atoms with Gasteiger partial charge in [0, 0.05) is 6.61 Å². The molecular formula is C13H18O. The standard InChI is InChI=1S/C13H18O/c1-3-11-4-5-12-6-10(2)8-14-9-13(12)7-11/h4-5,7,10H,3,6,8-9H2,1-2H3/t10-/m0/s1. The van der Waals surface area contributed by atoms with Crippen molar-refractivity contribution in [3.63, 3.8) is 0 Å². The fourth-order valence-corrected chi connectivity index (χ4v) is 2.04. The van der Waals surface area contributed by atoms with E-state index in [1.807, 2.05) is 0 Å². The van der Waals surface area contributed by atoms with E-state index in [0.717, 1.165) is 19.6 Å². The Morgan fingerprint density at radius 3 is 3.00 bits per heavy atom. The van der Waals surface area contributed by atoms with Crippen molar-refractivity contribution in [3.05, 3.63) is 34.9 Å². The van der Waals surface area contributed by atoms with Crippen molar-refractivity contribution in [1.82, 2.24) is 0 Å². The van der Waals surface area contributed by atoms with E-state index in [2.05, 4.69) is 32.0 Å². The summed E-state index contributed by atoms with van der Waals surface area (Å²) in [5.41, 5.74) is 4.29. The van der Waals surface area contributed by atoms with E-state index in [0.29, 0.717) is 5.92 Å². The van der Waals surface area contributed by atoms with Gasteiger partial charge >= 0.3 is 0 Å². The summed E-state index contributed by atoms with van der Waals surface area (Å²) in [5, 5.41) is 0. The van der Waals surface area contributed by atoms with Crippen molar-refractivity contribution in [2.24, 2.45) is 5.92 Å². The van der Waals surface area contributed by atoms with Crippen molar-refractivity contribution in [3.8, 4) is 0 Å². The van der Waals surface area contributed by atoms with Crippen LogP contribution < -0.4 is 0 Å². The average Bonchev–Trinajstić information content (AvgIpc) is 2.37. The van der Waals surface area contributed by atoms with Crippen molar-refractivity contribution in [2.45, 2.75) is 33.3 Å².